The molecular weight excluding hydrogens is 374 g/mol. The van der Waals surface area contributed by atoms with Crippen LogP contribution >= 0.6 is 0 Å². The molecule has 0 radical (unpaired) electrons. The van der Waals surface area contributed by atoms with E-state index in [-0.39, 0.29) is 21.7 Å². The van der Waals surface area contributed by atoms with Gasteiger partial charge in [0.15, 0.2) is 0 Å². The molecule has 140 valence electrons. The van der Waals surface area contributed by atoms with E-state index in [2.05, 4.69) is 4.72 Å². The Labute approximate surface area is 154 Å². The number of methoxy groups -OCH3 is 1. The standard InChI is InChI=1S/C18H15NO7S/c1-10-16(18(22)25-2)14-9-12(6-7-15(14)26-10)19-27(23,24)13-5-3-4-11(8-13)17(20)21/h3-9,19H,1-2H3,(H,20,21). The SMILES string of the molecule is COC(=O)c1c(C)oc2ccc(NS(=O)(=O)c3cccc(C(=O)O)c3)cc12. The first-order valence-corrected chi connectivity index (χ1v) is 9.19. The third-order valence-electron chi connectivity index (χ3n) is 3.90. The number of carbonyl (C=O) groups excluding carboxylic acids is 1. The molecule has 0 bridgehead atoms. The van der Waals surface area contributed by atoms with E-state index in [1.54, 1.807) is 6.92 Å². The number of nitrogens with one attached hydrogen (secondary N) is 1. The zero-order valence-corrected chi connectivity index (χ0v) is 15.2. The molecule has 0 atom stereocenters. The van der Waals surface area contributed by atoms with Crippen LogP contribution in [0.15, 0.2) is 51.8 Å². The van der Waals surface area contributed by atoms with E-state index in [0.29, 0.717) is 16.7 Å². The van der Waals surface area contributed by atoms with Gasteiger partial charge >= 0.3 is 11.9 Å². The fraction of sp³-hybridized carbons (Fsp3) is 0.111. The minimum Gasteiger partial charge on any atom is -0.478 e. The van der Waals surface area contributed by atoms with E-state index in [0.717, 1.165) is 6.07 Å². The molecule has 0 aliphatic heterocycles. The lowest BCUT2D eigenvalue weighted by molar-refractivity contribution is 0.0599. The topological polar surface area (TPSA) is 123 Å². The molecule has 0 aliphatic carbocycles. The highest BCUT2D eigenvalue weighted by Gasteiger charge is 2.21. The molecule has 1 heterocycles. The number of anilines is 1. The van der Waals surface area contributed by atoms with E-state index in [9.17, 15) is 18.0 Å². The van der Waals surface area contributed by atoms with Gasteiger partial charge in [0.05, 0.1) is 17.6 Å². The second-order valence-corrected chi connectivity index (χ2v) is 7.36. The number of rotatable bonds is 5. The van der Waals surface area contributed by atoms with Crippen molar-refractivity contribution in [1.29, 1.82) is 0 Å². The highest BCUT2D eigenvalue weighted by Crippen LogP contribution is 2.29. The van der Waals surface area contributed by atoms with Crippen molar-refractivity contribution in [2.24, 2.45) is 0 Å². The first-order valence-electron chi connectivity index (χ1n) is 7.70. The lowest BCUT2D eigenvalue weighted by atomic mass is 10.1. The smallest absolute Gasteiger partial charge is 0.342 e. The summed E-state index contributed by atoms with van der Waals surface area (Å²) >= 11 is 0. The van der Waals surface area contributed by atoms with E-state index in [1.807, 2.05) is 0 Å². The molecule has 9 heteroatoms. The summed E-state index contributed by atoms with van der Waals surface area (Å²) in [5, 5.41) is 9.42. The van der Waals surface area contributed by atoms with E-state index >= 15 is 0 Å². The van der Waals surface area contributed by atoms with Crippen LogP contribution in [0.4, 0.5) is 5.69 Å². The molecule has 1 aromatic heterocycles. The van der Waals surface area contributed by atoms with Crippen molar-refractivity contribution in [3.05, 3.63) is 59.4 Å². The van der Waals surface area contributed by atoms with Gasteiger partial charge in [0.25, 0.3) is 10.0 Å². The quantitative estimate of drug-likeness (QED) is 0.643. The Morgan fingerprint density at radius 2 is 1.89 bits per heavy atom. The number of hydrogen-bond acceptors (Lipinski definition) is 6. The van der Waals surface area contributed by atoms with Crippen molar-refractivity contribution < 1.29 is 32.3 Å². The molecule has 3 aromatic rings. The predicted molar refractivity (Wildman–Crippen MR) is 96.5 cm³/mol. The van der Waals surface area contributed by atoms with Crippen molar-refractivity contribution in [2.75, 3.05) is 11.8 Å². The molecule has 0 fully saturated rings. The molecule has 27 heavy (non-hydrogen) atoms. The van der Waals surface area contributed by atoms with Crippen molar-refractivity contribution in [2.45, 2.75) is 11.8 Å². The van der Waals surface area contributed by atoms with Crippen LogP contribution in [0.5, 0.6) is 0 Å². The summed E-state index contributed by atoms with van der Waals surface area (Å²) in [7, 11) is -2.79. The average Bonchev–Trinajstić information content (AvgIpc) is 2.96. The van der Waals surface area contributed by atoms with Crippen molar-refractivity contribution >= 4 is 38.6 Å². The minimum atomic E-state index is -4.03. The number of carboxylic acids is 1. The summed E-state index contributed by atoms with van der Waals surface area (Å²) in [5.74, 6) is -1.48. The van der Waals surface area contributed by atoms with Crippen LogP contribution in [0.2, 0.25) is 0 Å². The second-order valence-electron chi connectivity index (χ2n) is 5.67. The third kappa shape index (κ3) is 3.49. The lowest BCUT2D eigenvalue weighted by Crippen LogP contribution is -2.13. The maximum atomic E-state index is 12.6. The molecule has 3 rings (SSSR count). The third-order valence-corrected chi connectivity index (χ3v) is 5.28. The Balaban J connectivity index is 2.02. The Hall–Kier alpha value is -3.33. The summed E-state index contributed by atoms with van der Waals surface area (Å²) in [4.78, 5) is 22.8. The number of ether oxygens (including phenoxy) is 1. The number of hydrogen-bond donors (Lipinski definition) is 2. The fourth-order valence-electron chi connectivity index (χ4n) is 2.65. The van der Waals surface area contributed by atoms with Crippen molar-refractivity contribution in [1.82, 2.24) is 0 Å². The zero-order valence-electron chi connectivity index (χ0n) is 14.3. The number of esters is 1. The van der Waals surface area contributed by atoms with Gasteiger partial charge in [0, 0.05) is 11.1 Å². The zero-order chi connectivity index (χ0) is 19.8. The van der Waals surface area contributed by atoms with Crippen molar-refractivity contribution in [3.8, 4) is 0 Å². The van der Waals surface area contributed by atoms with Gasteiger partial charge < -0.3 is 14.3 Å². The molecule has 0 aliphatic rings. The molecule has 0 saturated heterocycles. The van der Waals surface area contributed by atoms with Crippen LogP contribution in [-0.4, -0.2) is 32.6 Å². The first kappa shape index (κ1) is 18.5. The molecule has 8 nitrogen and oxygen atoms in total. The van der Waals surface area contributed by atoms with Crippen LogP contribution in [0.25, 0.3) is 11.0 Å². The van der Waals surface area contributed by atoms with E-state index < -0.39 is 22.0 Å². The highest BCUT2D eigenvalue weighted by molar-refractivity contribution is 7.92. The van der Waals surface area contributed by atoms with Crippen LogP contribution < -0.4 is 4.72 Å². The van der Waals surface area contributed by atoms with Gasteiger partial charge in [0.1, 0.15) is 16.9 Å². The minimum absolute atomic E-state index is 0.147. The molecule has 2 N–H and O–H groups in total. The van der Waals surface area contributed by atoms with Gasteiger partial charge in [-0.15, -0.1) is 0 Å². The predicted octanol–water partition coefficient (Wildman–Crippen LogP) is 3.03. The molecular formula is C18H15NO7S. The van der Waals surface area contributed by atoms with Gasteiger partial charge in [-0.2, -0.15) is 0 Å². The number of fused-ring (bicyclic) bond motifs is 1. The summed E-state index contributed by atoms with van der Waals surface area (Å²) in [6.07, 6.45) is 0. The number of carbonyl (C=O) groups is 2. The summed E-state index contributed by atoms with van der Waals surface area (Å²) in [6.45, 7) is 1.60. The van der Waals surface area contributed by atoms with Crippen LogP contribution in [0.3, 0.4) is 0 Å². The van der Waals surface area contributed by atoms with E-state index in [1.165, 1.54) is 43.5 Å². The maximum Gasteiger partial charge on any atom is 0.342 e. The largest absolute Gasteiger partial charge is 0.478 e. The van der Waals surface area contributed by atoms with Crippen molar-refractivity contribution in [3.63, 3.8) is 0 Å². The first-order chi connectivity index (χ1) is 12.7. The Bertz CT molecular complexity index is 1160. The fourth-order valence-corrected chi connectivity index (χ4v) is 3.74. The number of sulfonamides is 1. The van der Waals surface area contributed by atoms with E-state index in [4.69, 9.17) is 14.3 Å². The summed E-state index contributed by atoms with van der Waals surface area (Å²) < 4.78 is 37.7. The highest BCUT2D eigenvalue weighted by atomic mass is 32.2. The normalized spacial score (nSPS) is 11.3. The van der Waals surface area contributed by atoms with Gasteiger partial charge in [0.2, 0.25) is 0 Å². The molecule has 2 aromatic carbocycles. The van der Waals surface area contributed by atoms with Crippen LogP contribution in [0.1, 0.15) is 26.5 Å². The number of aromatic carboxylic acids is 1. The number of carboxylic acid groups (broad SMARTS) is 1. The Morgan fingerprint density at radius 3 is 2.56 bits per heavy atom. The molecule has 0 amide bonds. The van der Waals surface area contributed by atoms with Gasteiger partial charge in [-0.25, -0.2) is 18.0 Å². The lowest BCUT2D eigenvalue weighted by Gasteiger charge is -2.09. The Kier molecular flexibility index (Phi) is 4.63. The van der Waals surface area contributed by atoms with Gasteiger partial charge in [-0.1, -0.05) is 6.07 Å². The molecule has 0 saturated carbocycles. The van der Waals surface area contributed by atoms with Crippen LogP contribution in [-0.2, 0) is 14.8 Å². The maximum absolute atomic E-state index is 12.6. The average molecular weight is 389 g/mol. The number of aryl methyl sites for hydroxylation is 1. The van der Waals surface area contributed by atoms with Gasteiger partial charge in [-0.3, -0.25) is 4.72 Å². The van der Waals surface area contributed by atoms with Gasteiger partial charge in [-0.05, 0) is 43.3 Å². The number of benzene rings is 2. The summed E-state index contributed by atoms with van der Waals surface area (Å²) in [5.41, 5.74) is 0.658. The monoisotopic (exact) mass is 389 g/mol. The summed E-state index contributed by atoms with van der Waals surface area (Å²) in [6, 6.07) is 9.45. The number of furan rings is 1. The molecule has 0 spiro atoms. The Morgan fingerprint density at radius 1 is 1.15 bits per heavy atom. The second kappa shape index (κ2) is 6.76. The molecule has 0 unspecified atom stereocenters. The van der Waals surface area contributed by atoms with Crippen LogP contribution in [0, 0.1) is 6.92 Å².